The maximum atomic E-state index is 14.2. The number of hydrogen-bond donors (Lipinski definition) is 3. The van der Waals surface area contributed by atoms with Crippen molar-refractivity contribution in [1.82, 2.24) is 15.0 Å². The van der Waals surface area contributed by atoms with Crippen molar-refractivity contribution >= 4 is 29.1 Å². The summed E-state index contributed by atoms with van der Waals surface area (Å²) in [5.41, 5.74) is 6.57. The summed E-state index contributed by atoms with van der Waals surface area (Å²) in [6.45, 7) is 0. The third-order valence-corrected chi connectivity index (χ3v) is 3.20. The Balaban J connectivity index is 2.01. The molecule has 3 aromatic rings. The number of aromatic nitrogens is 3. The summed E-state index contributed by atoms with van der Waals surface area (Å²) in [6, 6.07) is 9.46. The maximum absolute atomic E-state index is 14.2. The van der Waals surface area contributed by atoms with Crippen molar-refractivity contribution in [2.45, 2.75) is 0 Å². The van der Waals surface area contributed by atoms with Gasteiger partial charge in [0.25, 0.3) is 0 Å². The number of nitrogens with two attached hydrogens (primary N) is 1. The van der Waals surface area contributed by atoms with Gasteiger partial charge in [-0.2, -0.15) is 4.98 Å². The number of hydrogen-bond acceptors (Lipinski definition) is 6. The lowest BCUT2D eigenvalue weighted by Gasteiger charge is -2.09. The van der Waals surface area contributed by atoms with Gasteiger partial charge in [0, 0.05) is 23.5 Å². The minimum atomic E-state index is -0.740. The molecule has 0 spiro atoms. The average Bonchev–Trinajstić information content (AvgIpc) is 2.52. The summed E-state index contributed by atoms with van der Waals surface area (Å²) in [5, 5.41) is 12.6. The van der Waals surface area contributed by atoms with E-state index < -0.39 is 5.82 Å². The molecule has 0 bridgehead atoms. The molecule has 1 aromatic carbocycles. The lowest BCUT2D eigenvalue weighted by atomic mass is 10.2. The molecule has 8 heteroatoms. The quantitative estimate of drug-likeness (QED) is 0.637. The summed E-state index contributed by atoms with van der Waals surface area (Å²) in [5.74, 6) is -0.866. The van der Waals surface area contributed by atoms with Crippen LogP contribution in [-0.2, 0) is 0 Å². The molecule has 23 heavy (non-hydrogen) atoms. The lowest BCUT2D eigenvalue weighted by Crippen LogP contribution is -2.05. The van der Waals surface area contributed by atoms with Gasteiger partial charge in [-0.25, -0.2) is 14.4 Å². The number of nitrogens with one attached hydrogen (secondary N) is 1. The van der Waals surface area contributed by atoms with Gasteiger partial charge in [-0.1, -0.05) is 17.7 Å². The number of benzene rings is 1. The highest BCUT2D eigenvalue weighted by molar-refractivity contribution is 6.29. The number of nitrogen functional groups attached to an aromatic ring is 1. The summed E-state index contributed by atoms with van der Waals surface area (Å²) >= 11 is 5.73. The second-order valence-electron chi connectivity index (χ2n) is 4.64. The van der Waals surface area contributed by atoms with Gasteiger partial charge in [-0.05, 0) is 24.3 Å². The summed E-state index contributed by atoms with van der Waals surface area (Å²) in [6.07, 6.45) is 1.39. The van der Waals surface area contributed by atoms with E-state index >= 15 is 0 Å². The number of nitrogens with zero attached hydrogens (tertiary/aromatic N) is 3. The van der Waals surface area contributed by atoms with Crippen molar-refractivity contribution in [2.24, 2.45) is 0 Å². The fourth-order valence-corrected chi connectivity index (χ4v) is 2.05. The Kier molecular flexibility index (Phi) is 3.94. The first kappa shape index (κ1) is 15.0. The smallest absolute Gasteiger partial charge is 0.229 e. The van der Waals surface area contributed by atoms with Gasteiger partial charge >= 0.3 is 0 Å². The molecular formula is C15H11ClFN5O. The fourth-order valence-electron chi connectivity index (χ4n) is 1.94. The van der Waals surface area contributed by atoms with E-state index in [0.717, 1.165) is 0 Å². The Labute approximate surface area is 135 Å². The molecule has 0 saturated heterocycles. The van der Waals surface area contributed by atoms with Crippen LogP contribution in [0.3, 0.4) is 0 Å². The third-order valence-electron chi connectivity index (χ3n) is 2.98. The molecule has 0 unspecified atom stereocenters. The Bertz CT molecular complexity index is 857. The highest BCUT2D eigenvalue weighted by Crippen LogP contribution is 2.26. The normalized spacial score (nSPS) is 10.5. The zero-order chi connectivity index (χ0) is 16.4. The Hall–Kier alpha value is -2.93. The summed E-state index contributed by atoms with van der Waals surface area (Å²) < 4.78 is 14.2. The van der Waals surface area contributed by atoms with E-state index in [9.17, 15) is 9.50 Å². The summed E-state index contributed by atoms with van der Waals surface area (Å²) in [4.78, 5) is 11.9. The number of rotatable bonds is 3. The Morgan fingerprint density at radius 3 is 2.70 bits per heavy atom. The van der Waals surface area contributed by atoms with Crippen LogP contribution < -0.4 is 11.1 Å². The molecule has 0 aliphatic rings. The van der Waals surface area contributed by atoms with E-state index in [0.29, 0.717) is 11.3 Å². The minimum Gasteiger partial charge on any atom is -0.508 e. The standard InChI is InChI=1S/C15H11ClFN5O/c16-11-5-4-8(7-19-11)13-12(17)14(18)22-15(21-13)20-9-2-1-3-10(23)6-9/h1-7,23H,(H3,18,20,21,22). The zero-order valence-electron chi connectivity index (χ0n) is 11.7. The molecule has 0 amide bonds. The summed E-state index contributed by atoms with van der Waals surface area (Å²) in [7, 11) is 0. The number of aromatic hydroxyl groups is 1. The molecule has 3 rings (SSSR count). The average molecular weight is 332 g/mol. The van der Waals surface area contributed by atoms with Crippen LogP contribution in [0.5, 0.6) is 5.75 Å². The van der Waals surface area contributed by atoms with Crippen LogP contribution in [0.2, 0.25) is 5.15 Å². The predicted molar refractivity (Wildman–Crippen MR) is 86.0 cm³/mol. The number of halogens is 2. The van der Waals surface area contributed by atoms with Gasteiger partial charge in [-0.15, -0.1) is 0 Å². The number of pyridine rings is 1. The van der Waals surface area contributed by atoms with Gasteiger partial charge in [-0.3, -0.25) is 0 Å². The Morgan fingerprint density at radius 2 is 2.00 bits per heavy atom. The van der Waals surface area contributed by atoms with E-state index in [4.69, 9.17) is 17.3 Å². The lowest BCUT2D eigenvalue weighted by molar-refractivity contribution is 0.475. The number of anilines is 3. The van der Waals surface area contributed by atoms with Crippen molar-refractivity contribution in [3.8, 4) is 17.0 Å². The van der Waals surface area contributed by atoms with E-state index in [2.05, 4.69) is 20.3 Å². The van der Waals surface area contributed by atoms with Crippen molar-refractivity contribution in [3.05, 3.63) is 53.6 Å². The van der Waals surface area contributed by atoms with Gasteiger partial charge in [0.1, 0.15) is 16.6 Å². The van der Waals surface area contributed by atoms with Gasteiger partial charge in [0.05, 0.1) is 0 Å². The second-order valence-corrected chi connectivity index (χ2v) is 5.03. The van der Waals surface area contributed by atoms with Crippen LogP contribution in [0.25, 0.3) is 11.3 Å². The molecule has 0 aliphatic heterocycles. The molecule has 116 valence electrons. The SMILES string of the molecule is Nc1nc(Nc2cccc(O)c2)nc(-c2ccc(Cl)nc2)c1F. The van der Waals surface area contributed by atoms with Crippen molar-refractivity contribution < 1.29 is 9.50 Å². The first-order valence-electron chi connectivity index (χ1n) is 6.54. The molecule has 0 saturated carbocycles. The van der Waals surface area contributed by atoms with E-state index in [1.54, 1.807) is 18.2 Å². The number of phenols is 1. The van der Waals surface area contributed by atoms with Gasteiger partial charge in [0.15, 0.2) is 11.6 Å². The second kappa shape index (κ2) is 6.05. The topological polar surface area (TPSA) is 97.0 Å². The van der Waals surface area contributed by atoms with E-state index in [1.165, 1.54) is 24.4 Å². The first-order chi connectivity index (χ1) is 11.0. The van der Waals surface area contributed by atoms with E-state index in [-0.39, 0.29) is 28.4 Å². The highest BCUT2D eigenvalue weighted by atomic mass is 35.5. The molecule has 6 nitrogen and oxygen atoms in total. The monoisotopic (exact) mass is 331 g/mol. The molecule has 2 aromatic heterocycles. The van der Waals surface area contributed by atoms with E-state index in [1.807, 2.05) is 0 Å². The largest absolute Gasteiger partial charge is 0.508 e. The Morgan fingerprint density at radius 1 is 1.17 bits per heavy atom. The van der Waals surface area contributed by atoms with Crippen LogP contribution in [0.4, 0.5) is 21.8 Å². The van der Waals surface area contributed by atoms with Crippen LogP contribution in [0, 0.1) is 5.82 Å². The molecule has 0 atom stereocenters. The molecule has 0 radical (unpaired) electrons. The maximum Gasteiger partial charge on any atom is 0.229 e. The van der Waals surface area contributed by atoms with Crippen LogP contribution in [0.15, 0.2) is 42.6 Å². The number of phenolic OH excluding ortho intramolecular Hbond substituents is 1. The van der Waals surface area contributed by atoms with Gasteiger partial charge < -0.3 is 16.2 Å². The molecule has 2 heterocycles. The molecule has 0 fully saturated rings. The first-order valence-corrected chi connectivity index (χ1v) is 6.92. The molecular weight excluding hydrogens is 321 g/mol. The third kappa shape index (κ3) is 3.29. The predicted octanol–water partition coefficient (Wildman–Crippen LogP) is 3.36. The van der Waals surface area contributed by atoms with Crippen molar-refractivity contribution in [2.75, 3.05) is 11.1 Å². The van der Waals surface area contributed by atoms with Crippen LogP contribution in [0.1, 0.15) is 0 Å². The van der Waals surface area contributed by atoms with Crippen LogP contribution in [-0.4, -0.2) is 20.1 Å². The minimum absolute atomic E-state index is 0.00400. The molecule has 0 aliphatic carbocycles. The van der Waals surface area contributed by atoms with Crippen molar-refractivity contribution in [1.29, 1.82) is 0 Å². The fraction of sp³-hybridized carbons (Fsp3) is 0. The van der Waals surface area contributed by atoms with Crippen LogP contribution >= 0.6 is 11.6 Å². The van der Waals surface area contributed by atoms with Gasteiger partial charge in [0.2, 0.25) is 5.95 Å². The molecule has 4 N–H and O–H groups in total. The highest BCUT2D eigenvalue weighted by Gasteiger charge is 2.15. The zero-order valence-corrected chi connectivity index (χ0v) is 12.4. The van der Waals surface area contributed by atoms with Crippen molar-refractivity contribution in [3.63, 3.8) is 0 Å².